The largest absolute Gasteiger partial charge is 0.376 e. The molecule has 2 aromatic carbocycles. The molecule has 0 aliphatic carbocycles. The Bertz CT molecular complexity index is 1240. The third-order valence-corrected chi connectivity index (χ3v) is 5.30. The first-order valence-electron chi connectivity index (χ1n) is 10.4. The lowest BCUT2D eigenvalue weighted by atomic mass is 10.1. The number of nitrogens with zero attached hydrogens (tertiary/aromatic N) is 3. The highest BCUT2D eigenvalue weighted by atomic mass is 19.1. The van der Waals surface area contributed by atoms with E-state index in [2.05, 4.69) is 10.4 Å². The van der Waals surface area contributed by atoms with E-state index in [4.69, 9.17) is 4.74 Å². The molecular weight excluding hydrogens is 415 g/mol. The summed E-state index contributed by atoms with van der Waals surface area (Å²) in [6, 6.07) is 12.6. The number of hydrogen-bond donors (Lipinski definition) is 1. The van der Waals surface area contributed by atoms with Crippen molar-refractivity contribution >= 4 is 5.91 Å². The first kappa shape index (κ1) is 21.6. The van der Waals surface area contributed by atoms with Gasteiger partial charge in [0.2, 0.25) is 5.69 Å². The zero-order valence-corrected chi connectivity index (χ0v) is 17.6. The maximum Gasteiger partial charge on any atom is 0.352 e. The number of benzene rings is 2. The van der Waals surface area contributed by atoms with Crippen LogP contribution in [-0.2, 0) is 11.3 Å². The average Bonchev–Trinajstić information content (AvgIpc) is 3.30. The van der Waals surface area contributed by atoms with E-state index >= 15 is 0 Å². The molecule has 2 heterocycles. The van der Waals surface area contributed by atoms with Crippen LogP contribution in [0.15, 0.2) is 58.1 Å². The molecule has 1 saturated heterocycles. The topological polar surface area (TPSA) is 95.2 Å². The van der Waals surface area contributed by atoms with Crippen LogP contribution in [0.3, 0.4) is 0 Å². The normalized spacial score (nSPS) is 15.6. The van der Waals surface area contributed by atoms with Gasteiger partial charge in [-0.3, -0.25) is 14.2 Å². The van der Waals surface area contributed by atoms with Gasteiger partial charge in [0.1, 0.15) is 5.82 Å². The number of carbonyl (C=O) groups excluding carboxylic acids is 1. The van der Waals surface area contributed by atoms with E-state index in [1.54, 1.807) is 12.1 Å². The number of rotatable bonds is 6. The molecule has 1 aliphatic rings. The van der Waals surface area contributed by atoms with Crippen molar-refractivity contribution in [2.75, 3.05) is 13.2 Å². The monoisotopic (exact) mass is 438 g/mol. The van der Waals surface area contributed by atoms with Crippen LogP contribution in [0.2, 0.25) is 0 Å². The van der Waals surface area contributed by atoms with Crippen molar-refractivity contribution in [2.24, 2.45) is 0 Å². The highest BCUT2D eigenvalue weighted by Gasteiger charge is 2.22. The van der Waals surface area contributed by atoms with Gasteiger partial charge in [0.15, 0.2) is 0 Å². The van der Waals surface area contributed by atoms with Crippen molar-refractivity contribution in [3.8, 4) is 5.69 Å². The Morgan fingerprint density at radius 1 is 1.22 bits per heavy atom. The first-order chi connectivity index (χ1) is 15.4. The fraction of sp³-hybridized carbons (Fsp3) is 0.304. The van der Waals surface area contributed by atoms with Crippen LogP contribution in [0, 0.1) is 12.7 Å². The van der Waals surface area contributed by atoms with Crippen molar-refractivity contribution < 1.29 is 13.9 Å². The molecule has 32 heavy (non-hydrogen) atoms. The molecule has 1 aromatic heterocycles. The van der Waals surface area contributed by atoms with Gasteiger partial charge in [-0.1, -0.05) is 35.9 Å². The molecule has 3 aromatic rings. The maximum atomic E-state index is 13.8. The van der Waals surface area contributed by atoms with Crippen molar-refractivity contribution in [3.05, 3.63) is 92.0 Å². The molecule has 1 fully saturated rings. The van der Waals surface area contributed by atoms with E-state index in [-0.39, 0.29) is 24.9 Å². The second-order valence-electron chi connectivity index (χ2n) is 7.74. The molecule has 1 amide bonds. The minimum absolute atomic E-state index is 0.0538. The summed E-state index contributed by atoms with van der Waals surface area (Å²) in [7, 11) is 0. The molecule has 0 saturated carbocycles. The van der Waals surface area contributed by atoms with Crippen molar-refractivity contribution in [1.29, 1.82) is 0 Å². The Morgan fingerprint density at radius 3 is 2.69 bits per heavy atom. The molecule has 9 heteroatoms. The Balaban J connectivity index is 1.76. The summed E-state index contributed by atoms with van der Waals surface area (Å²) in [5.74, 6) is -1.29. The summed E-state index contributed by atoms with van der Waals surface area (Å²) in [4.78, 5) is 39.0. The van der Waals surface area contributed by atoms with Gasteiger partial charge in [-0.2, -0.15) is 9.78 Å². The Kier molecular flexibility index (Phi) is 6.27. The van der Waals surface area contributed by atoms with Gasteiger partial charge in [-0.25, -0.2) is 9.18 Å². The molecule has 4 rings (SSSR count). The zero-order chi connectivity index (χ0) is 22.7. The lowest BCUT2D eigenvalue weighted by molar-refractivity contribution is 0.0849. The molecule has 8 nitrogen and oxygen atoms in total. The lowest BCUT2D eigenvalue weighted by Crippen LogP contribution is -2.46. The molecule has 1 aliphatic heterocycles. The fourth-order valence-corrected chi connectivity index (χ4v) is 3.54. The molecule has 0 unspecified atom stereocenters. The van der Waals surface area contributed by atoms with Crippen LogP contribution in [0.5, 0.6) is 0 Å². The first-order valence-corrected chi connectivity index (χ1v) is 10.4. The van der Waals surface area contributed by atoms with Crippen molar-refractivity contribution in [2.45, 2.75) is 32.4 Å². The van der Waals surface area contributed by atoms with Gasteiger partial charge < -0.3 is 10.1 Å². The minimum Gasteiger partial charge on any atom is -0.376 e. The van der Waals surface area contributed by atoms with E-state index in [0.717, 1.165) is 33.7 Å². The van der Waals surface area contributed by atoms with Crippen molar-refractivity contribution in [1.82, 2.24) is 19.7 Å². The molecule has 0 radical (unpaired) electrons. The van der Waals surface area contributed by atoms with Gasteiger partial charge in [0.05, 0.1) is 18.3 Å². The number of aromatic nitrogens is 3. The number of aryl methyl sites for hydroxylation is 1. The highest BCUT2D eigenvalue weighted by molar-refractivity contribution is 5.91. The minimum atomic E-state index is -0.812. The molecule has 166 valence electrons. The number of carbonyl (C=O) groups is 1. The van der Waals surface area contributed by atoms with Crippen LogP contribution in [0.4, 0.5) is 4.39 Å². The summed E-state index contributed by atoms with van der Waals surface area (Å²) < 4.78 is 21.1. The number of nitrogens with one attached hydrogen (secondary N) is 1. The average molecular weight is 438 g/mol. The molecule has 0 bridgehead atoms. The third kappa shape index (κ3) is 4.67. The summed E-state index contributed by atoms with van der Waals surface area (Å²) >= 11 is 0. The Labute approximate surface area is 183 Å². The fourth-order valence-electron chi connectivity index (χ4n) is 3.54. The number of hydrogen-bond acceptors (Lipinski definition) is 5. The van der Waals surface area contributed by atoms with Gasteiger partial charge >= 0.3 is 5.69 Å². The predicted molar refractivity (Wildman–Crippen MR) is 116 cm³/mol. The van der Waals surface area contributed by atoms with E-state index in [1.165, 1.54) is 18.2 Å². The highest BCUT2D eigenvalue weighted by Crippen LogP contribution is 2.11. The summed E-state index contributed by atoms with van der Waals surface area (Å²) in [6.45, 7) is 2.74. The number of amides is 1. The second kappa shape index (κ2) is 9.27. The number of halogens is 1. The van der Waals surface area contributed by atoms with E-state index < -0.39 is 28.7 Å². The SMILES string of the molecule is Cc1ccc(Cn2c(=O)c(C(=O)NC[C@@H]3CCCO3)nn(-c3cccc(F)c3)c2=O)cc1. The van der Waals surface area contributed by atoms with Crippen molar-refractivity contribution in [3.63, 3.8) is 0 Å². The van der Waals surface area contributed by atoms with Crippen LogP contribution in [0.1, 0.15) is 34.5 Å². The van der Waals surface area contributed by atoms with Crippen LogP contribution in [-0.4, -0.2) is 39.5 Å². The van der Waals surface area contributed by atoms with Crippen LogP contribution in [0.25, 0.3) is 5.69 Å². The predicted octanol–water partition coefficient (Wildman–Crippen LogP) is 1.80. The maximum absolute atomic E-state index is 13.8. The van der Waals surface area contributed by atoms with Gasteiger partial charge in [0, 0.05) is 13.2 Å². The quantitative estimate of drug-likeness (QED) is 0.633. The molecule has 0 spiro atoms. The summed E-state index contributed by atoms with van der Waals surface area (Å²) in [5, 5.41) is 6.66. The van der Waals surface area contributed by atoms with Gasteiger partial charge in [0.25, 0.3) is 11.5 Å². The Hall–Kier alpha value is -3.59. The third-order valence-electron chi connectivity index (χ3n) is 5.30. The smallest absolute Gasteiger partial charge is 0.352 e. The van der Waals surface area contributed by atoms with E-state index in [0.29, 0.717) is 12.2 Å². The molecular formula is C23H23FN4O4. The van der Waals surface area contributed by atoms with Gasteiger partial charge in [-0.15, -0.1) is 0 Å². The molecule has 1 atom stereocenters. The van der Waals surface area contributed by atoms with E-state index in [1.807, 2.05) is 19.1 Å². The van der Waals surface area contributed by atoms with Crippen LogP contribution < -0.4 is 16.6 Å². The Morgan fingerprint density at radius 2 is 2.00 bits per heavy atom. The van der Waals surface area contributed by atoms with Gasteiger partial charge in [-0.05, 0) is 43.5 Å². The van der Waals surface area contributed by atoms with Crippen LogP contribution >= 0.6 is 0 Å². The van der Waals surface area contributed by atoms with E-state index in [9.17, 15) is 18.8 Å². The lowest BCUT2D eigenvalue weighted by Gasteiger charge is -2.14. The zero-order valence-electron chi connectivity index (χ0n) is 17.6. The second-order valence-corrected chi connectivity index (χ2v) is 7.74. The summed E-state index contributed by atoms with van der Waals surface area (Å²) in [5.41, 5.74) is -0.176. The summed E-state index contributed by atoms with van der Waals surface area (Å²) in [6.07, 6.45) is 1.60. The molecule has 1 N–H and O–H groups in total. The standard InChI is InChI=1S/C23H23FN4O4/c1-15-7-9-16(10-8-15)14-27-22(30)20(21(29)25-13-19-6-3-11-32-19)26-28(23(27)31)18-5-2-4-17(24)12-18/h2,4-5,7-10,12,19H,3,6,11,13-14H2,1H3,(H,25,29)/t19-/m0/s1. The number of ether oxygens (including phenoxy) is 1.